The Morgan fingerprint density at radius 1 is 1.10 bits per heavy atom. The summed E-state index contributed by atoms with van der Waals surface area (Å²) in [6.07, 6.45) is 8.89. The molecule has 20 heavy (non-hydrogen) atoms. The fourth-order valence-electron chi connectivity index (χ4n) is 2.17. The highest BCUT2D eigenvalue weighted by atomic mass is 16.5. The van der Waals surface area contributed by atoms with Gasteiger partial charge >= 0.3 is 5.97 Å². The van der Waals surface area contributed by atoms with Crippen molar-refractivity contribution in [1.82, 2.24) is 0 Å². The zero-order chi connectivity index (χ0) is 14.6. The molecule has 0 saturated heterocycles. The molecule has 0 unspecified atom stereocenters. The molecule has 0 bridgehead atoms. The highest BCUT2D eigenvalue weighted by Crippen LogP contribution is 2.09. The van der Waals surface area contributed by atoms with E-state index < -0.39 is 0 Å². The Balaban J connectivity index is 2.03. The van der Waals surface area contributed by atoms with Crippen LogP contribution in [0.5, 0.6) is 0 Å². The Morgan fingerprint density at radius 3 is 2.50 bits per heavy atom. The Hall–Kier alpha value is -1.51. The fraction of sp³-hybridized carbons (Fsp3) is 0.588. The molecule has 0 atom stereocenters. The van der Waals surface area contributed by atoms with Crippen LogP contribution < -0.4 is 5.73 Å². The number of nitrogens with two attached hydrogens (primary N) is 1. The fourth-order valence-corrected chi connectivity index (χ4v) is 2.17. The van der Waals surface area contributed by atoms with Crippen LogP contribution in [0.4, 0.5) is 5.69 Å². The van der Waals surface area contributed by atoms with Gasteiger partial charge in [-0.1, -0.05) is 57.6 Å². The van der Waals surface area contributed by atoms with Crippen LogP contribution in [-0.2, 0) is 16.0 Å². The topological polar surface area (TPSA) is 52.3 Å². The van der Waals surface area contributed by atoms with Crippen LogP contribution in [0.15, 0.2) is 24.3 Å². The number of rotatable bonds is 10. The molecule has 1 aromatic rings. The summed E-state index contributed by atoms with van der Waals surface area (Å²) in [5, 5.41) is 0. The summed E-state index contributed by atoms with van der Waals surface area (Å²) in [6, 6.07) is 7.38. The van der Waals surface area contributed by atoms with Crippen molar-refractivity contribution in [2.75, 3.05) is 12.3 Å². The van der Waals surface area contributed by atoms with Crippen LogP contribution in [0, 0.1) is 0 Å². The second-order valence-corrected chi connectivity index (χ2v) is 5.26. The Morgan fingerprint density at radius 2 is 1.80 bits per heavy atom. The molecule has 0 radical (unpaired) electrons. The number of anilines is 1. The molecule has 0 aromatic heterocycles. The third-order valence-electron chi connectivity index (χ3n) is 3.31. The first kappa shape index (κ1) is 16.5. The van der Waals surface area contributed by atoms with E-state index in [4.69, 9.17) is 10.5 Å². The van der Waals surface area contributed by atoms with E-state index >= 15 is 0 Å². The third-order valence-corrected chi connectivity index (χ3v) is 3.31. The van der Waals surface area contributed by atoms with Gasteiger partial charge in [0.05, 0.1) is 13.0 Å². The number of benzene rings is 1. The number of carbonyl (C=O) groups excluding carboxylic acids is 1. The molecule has 0 heterocycles. The predicted octanol–water partition coefficient (Wildman–Crippen LogP) is 4.11. The number of unbranched alkanes of at least 4 members (excludes halogenated alkanes) is 6. The summed E-state index contributed by atoms with van der Waals surface area (Å²) in [4.78, 5) is 11.6. The van der Waals surface area contributed by atoms with Crippen molar-refractivity contribution in [3.05, 3.63) is 29.8 Å². The number of carbonyl (C=O) groups is 1. The molecule has 2 N–H and O–H groups in total. The minimum absolute atomic E-state index is 0.165. The zero-order valence-corrected chi connectivity index (χ0v) is 12.6. The van der Waals surface area contributed by atoms with Gasteiger partial charge < -0.3 is 10.5 Å². The van der Waals surface area contributed by atoms with Crippen molar-refractivity contribution < 1.29 is 9.53 Å². The standard InChI is InChI=1S/C17H27NO2/c1-2-3-4-5-6-7-8-12-20-17(19)14-15-10-9-11-16(18)13-15/h9-11,13H,2-8,12,14,18H2,1H3. The summed E-state index contributed by atoms with van der Waals surface area (Å²) < 4.78 is 5.23. The smallest absolute Gasteiger partial charge is 0.310 e. The van der Waals surface area contributed by atoms with Crippen LogP contribution in [0.3, 0.4) is 0 Å². The monoisotopic (exact) mass is 277 g/mol. The molecule has 3 heteroatoms. The van der Waals surface area contributed by atoms with Gasteiger partial charge in [-0.25, -0.2) is 0 Å². The predicted molar refractivity (Wildman–Crippen MR) is 83.5 cm³/mol. The average Bonchev–Trinajstić information content (AvgIpc) is 2.42. The van der Waals surface area contributed by atoms with Crippen LogP contribution >= 0.6 is 0 Å². The van der Waals surface area contributed by atoms with E-state index in [2.05, 4.69) is 6.92 Å². The quantitative estimate of drug-likeness (QED) is 0.398. The molecule has 0 spiro atoms. The lowest BCUT2D eigenvalue weighted by Gasteiger charge is -2.05. The molecule has 0 amide bonds. The van der Waals surface area contributed by atoms with Crippen molar-refractivity contribution in [2.45, 2.75) is 58.3 Å². The third kappa shape index (κ3) is 7.82. The highest BCUT2D eigenvalue weighted by molar-refractivity contribution is 5.72. The van der Waals surface area contributed by atoms with Gasteiger partial charge in [-0.3, -0.25) is 4.79 Å². The van der Waals surface area contributed by atoms with Crippen molar-refractivity contribution in [2.24, 2.45) is 0 Å². The van der Waals surface area contributed by atoms with Crippen molar-refractivity contribution in [1.29, 1.82) is 0 Å². The van der Waals surface area contributed by atoms with Crippen molar-refractivity contribution in [3.63, 3.8) is 0 Å². The SMILES string of the molecule is CCCCCCCCCOC(=O)Cc1cccc(N)c1. The first-order valence-corrected chi connectivity index (χ1v) is 7.72. The minimum Gasteiger partial charge on any atom is -0.465 e. The maximum absolute atomic E-state index is 11.6. The van der Waals surface area contributed by atoms with Crippen molar-refractivity contribution >= 4 is 11.7 Å². The van der Waals surface area contributed by atoms with Gasteiger partial charge in [-0.15, -0.1) is 0 Å². The van der Waals surface area contributed by atoms with Gasteiger partial charge in [0.25, 0.3) is 0 Å². The molecule has 112 valence electrons. The summed E-state index contributed by atoms with van der Waals surface area (Å²) in [5.74, 6) is -0.165. The molecule has 0 fully saturated rings. The Labute approximate surface area is 122 Å². The lowest BCUT2D eigenvalue weighted by atomic mass is 10.1. The van der Waals surface area contributed by atoms with E-state index in [1.165, 1.54) is 32.1 Å². The first-order valence-electron chi connectivity index (χ1n) is 7.72. The molecule has 0 aliphatic rings. The van der Waals surface area contributed by atoms with Crippen LogP contribution in [-0.4, -0.2) is 12.6 Å². The Bertz CT molecular complexity index is 390. The van der Waals surface area contributed by atoms with Gasteiger partial charge in [-0.05, 0) is 24.1 Å². The van der Waals surface area contributed by atoms with Crippen LogP contribution in [0.2, 0.25) is 0 Å². The molecule has 0 aliphatic heterocycles. The molecular weight excluding hydrogens is 250 g/mol. The lowest BCUT2D eigenvalue weighted by molar-refractivity contribution is -0.142. The average molecular weight is 277 g/mol. The van der Waals surface area contributed by atoms with E-state index in [1.54, 1.807) is 0 Å². The second kappa shape index (κ2) is 10.3. The first-order chi connectivity index (χ1) is 9.72. The second-order valence-electron chi connectivity index (χ2n) is 5.26. The summed E-state index contributed by atoms with van der Waals surface area (Å²) >= 11 is 0. The zero-order valence-electron chi connectivity index (χ0n) is 12.6. The summed E-state index contributed by atoms with van der Waals surface area (Å²) in [7, 11) is 0. The van der Waals surface area contributed by atoms with E-state index in [0.29, 0.717) is 18.7 Å². The van der Waals surface area contributed by atoms with Gasteiger partial charge in [0.1, 0.15) is 0 Å². The number of hydrogen-bond donors (Lipinski definition) is 1. The van der Waals surface area contributed by atoms with Crippen molar-refractivity contribution in [3.8, 4) is 0 Å². The largest absolute Gasteiger partial charge is 0.465 e. The normalized spacial score (nSPS) is 10.4. The Kier molecular flexibility index (Phi) is 8.52. The molecule has 1 rings (SSSR count). The molecular formula is C17H27NO2. The van der Waals surface area contributed by atoms with Crippen LogP contribution in [0.25, 0.3) is 0 Å². The van der Waals surface area contributed by atoms with E-state index in [0.717, 1.165) is 18.4 Å². The highest BCUT2D eigenvalue weighted by Gasteiger charge is 2.04. The number of nitrogen functional groups attached to an aromatic ring is 1. The lowest BCUT2D eigenvalue weighted by Crippen LogP contribution is -2.09. The molecule has 1 aromatic carbocycles. The van der Waals surface area contributed by atoms with Gasteiger partial charge in [-0.2, -0.15) is 0 Å². The minimum atomic E-state index is -0.165. The van der Waals surface area contributed by atoms with Gasteiger partial charge in [0.2, 0.25) is 0 Å². The van der Waals surface area contributed by atoms with E-state index in [-0.39, 0.29) is 5.97 Å². The number of ether oxygens (including phenoxy) is 1. The molecule has 0 aliphatic carbocycles. The maximum atomic E-state index is 11.6. The number of esters is 1. The van der Waals surface area contributed by atoms with E-state index in [1.807, 2.05) is 24.3 Å². The van der Waals surface area contributed by atoms with Crippen LogP contribution in [0.1, 0.15) is 57.4 Å². The number of hydrogen-bond acceptors (Lipinski definition) is 3. The maximum Gasteiger partial charge on any atom is 0.310 e. The molecule has 0 saturated carbocycles. The van der Waals surface area contributed by atoms with Gasteiger partial charge in [0.15, 0.2) is 0 Å². The molecule has 3 nitrogen and oxygen atoms in total. The summed E-state index contributed by atoms with van der Waals surface area (Å²) in [6.45, 7) is 2.76. The van der Waals surface area contributed by atoms with Gasteiger partial charge in [0, 0.05) is 5.69 Å². The van der Waals surface area contributed by atoms with E-state index in [9.17, 15) is 4.79 Å². The summed E-state index contributed by atoms with van der Waals surface area (Å²) in [5.41, 5.74) is 7.27.